The molecule has 1 rings (SSSR count). The Kier molecular flexibility index (Phi) is 6.41. The van der Waals surface area contributed by atoms with Crippen molar-refractivity contribution in [3.05, 3.63) is 0 Å². The summed E-state index contributed by atoms with van der Waals surface area (Å²) in [6, 6.07) is 0. The molecule has 0 spiro atoms. The summed E-state index contributed by atoms with van der Waals surface area (Å²) in [7, 11) is 0. The van der Waals surface area contributed by atoms with Crippen LogP contribution < -0.4 is 0 Å². The molecule has 0 N–H and O–H groups in total. The molecule has 21 heavy (non-hydrogen) atoms. The Labute approximate surface area is 122 Å². The Morgan fingerprint density at radius 3 is 1.67 bits per heavy atom. The topological polar surface area (TPSA) is 0 Å². The van der Waals surface area contributed by atoms with Crippen LogP contribution in [0.4, 0.5) is 26.3 Å². The average Bonchev–Trinajstić information content (AvgIpc) is 2.26. The summed E-state index contributed by atoms with van der Waals surface area (Å²) in [5, 5.41) is 0. The van der Waals surface area contributed by atoms with E-state index in [0.29, 0.717) is 6.42 Å². The van der Waals surface area contributed by atoms with Gasteiger partial charge in [-0.25, -0.2) is 0 Å². The van der Waals surface area contributed by atoms with Gasteiger partial charge in [0.25, 0.3) is 0 Å². The Morgan fingerprint density at radius 2 is 1.24 bits per heavy atom. The maximum atomic E-state index is 12.6. The second kappa shape index (κ2) is 7.23. The second-order valence-electron chi connectivity index (χ2n) is 6.43. The molecule has 0 aromatic rings. The predicted octanol–water partition coefficient (Wildman–Crippen LogP) is 6.65. The summed E-state index contributed by atoms with van der Waals surface area (Å²) in [6.45, 7) is 0.267. The summed E-state index contributed by atoms with van der Waals surface area (Å²) in [6.07, 6.45) is -3.28. The van der Waals surface area contributed by atoms with Crippen LogP contribution in [0.15, 0.2) is 0 Å². The molecule has 1 aliphatic rings. The molecular weight excluding hydrogens is 294 g/mol. The van der Waals surface area contributed by atoms with Crippen LogP contribution in [0, 0.1) is 11.3 Å². The van der Waals surface area contributed by atoms with Gasteiger partial charge in [0.1, 0.15) is 0 Å². The molecule has 0 atom stereocenters. The summed E-state index contributed by atoms with van der Waals surface area (Å²) in [4.78, 5) is 0. The molecule has 0 saturated heterocycles. The smallest absolute Gasteiger partial charge is 0.170 e. The van der Waals surface area contributed by atoms with E-state index >= 15 is 0 Å². The van der Waals surface area contributed by atoms with Crippen LogP contribution in [0.25, 0.3) is 0 Å². The summed E-state index contributed by atoms with van der Waals surface area (Å²) in [5.74, 6) is 0.809. The normalized spacial score (nSPS) is 17.9. The fourth-order valence-corrected chi connectivity index (χ4v) is 2.67. The molecule has 0 heterocycles. The van der Waals surface area contributed by atoms with Gasteiger partial charge in [0.2, 0.25) is 0 Å². The van der Waals surface area contributed by atoms with E-state index in [9.17, 15) is 26.3 Å². The summed E-state index contributed by atoms with van der Waals surface area (Å²) < 4.78 is 75.9. The molecule has 0 aliphatic heterocycles. The average molecular weight is 318 g/mol. The lowest BCUT2D eigenvalue weighted by molar-refractivity contribution is -0.336. The number of hydrogen-bond acceptors (Lipinski definition) is 0. The Balaban J connectivity index is 2.21. The van der Waals surface area contributed by atoms with Gasteiger partial charge < -0.3 is 0 Å². The molecule has 0 bridgehead atoms. The molecule has 6 heteroatoms. The maximum absolute atomic E-state index is 12.6. The molecule has 0 aromatic carbocycles. The van der Waals surface area contributed by atoms with Gasteiger partial charge in [0.15, 0.2) is 5.41 Å². The highest BCUT2D eigenvalue weighted by Crippen LogP contribution is 2.53. The van der Waals surface area contributed by atoms with Crippen molar-refractivity contribution < 1.29 is 26.3 Å². The van der Waals surface area contributed by atoms with Crippen LogP contribution in [-0.4, -0.2) is 12.4 Å². The van der Waals surface area contributed by atoms with Crippen molar-refractivity contribution in [1.29, 1.82) is 0 Å². The van der Waals surface area contributed by atoms with E-state index < -0.39 is 24.2 Å². The van der Waals surface area contributed by atoms with Crippen LogP contribution in [0.5, 0.6) is 0 Å². The van der Waals surface area contributed by atoms with Crippen molar-refractivity contribution in [2.24, 2.45) is 11.3 Å². The van der Waals surface area contributed by atoms with E-state index in [1.54, 1.807) is 0 Å². The summed E-state index contributed by atoms with van der Waals surface area (Å²) >= 11 is 0. The lowest BCUT2D eigenvalue weighted by Crippen LogP contribution is -2.47. The molecule has 0 unspecified atom stereocenters. The van der Waals surface area contributed by atoms with Gasteiger partial charge in [-0.3, -0.25) is 0 Å². The molecule has 126 valence electrons. The van der Waals surface area contributed by atoms with E-state index in [-0.39, 0.29) is 13.3 Å². The Bertz CT molecular complexity index is 286. The molecule has 0 radical (unpaired) electrons. The zero-order valence-electron chi connectivity index (χ0n) is 12.4. The zero-order valence-corrected chi connectivity index (χ0v) is 12.4. The van der Waals surface area contributed by atoms with Crippen LogP contribution in [0.1, 0.15) is 71.1 Å². The van der Waals surface area contributed by atoms with Crippen molar-refractivity contribution in [3.8, 4) is 0 Å². The minimum atomic E-state index is -5.24. The van der Waals surface area contributed by atoms with Gasteiger partial charge in [0, 0.05) is 0 Å². The summed E-state index contributed by atoms with van der Waals surface area (Å²) in [5.41, 5.74) is -3.58. The Hall–Kier alpha value is -0.420. The van der Waals surface area contributed by atoms with Crippen molar-refractivity contribution in [2.75, 3.05) is 0 Å². The highest BCUT2D eigenvalue weighted by Gasteiger charge is 2.66. The van der Waals surface area contributed by atoms with Crippen LogP contribution in [-0.2, 0) is 0 Å². The standard InChI is InChI=1S/C15H24F6/c1-13(14(16,17)18,15(19,20)21)11-6-4-2-3-5-8-12-9-7-10-12/h12H,2-11H2,1H3. The number of unbranched alkanes of at least 4 members (excludes halogenated alkanes) is 4. The van der Waals surface area contributed by atoms with E-state index in [1.807, 2.05) is 0 Å². The van der Waals surface area contributed by atoms with Crippen molar-refractivity contribution in [2.45, 2.75) is 83.5 Å². The van der Waals surface area contributed by atoms with Crippen LogP contribution in [0.3, 0.4) is 0 Å². The minimum Gasteiger partial charge on any atom is -0.170 e. The fourth-order valence-electron chi connectivity index (χ4n) is 2.67. The third-order valence-corrected chi connectivity index (χ3v) is 4.77. The molecule has 0 amide bonds. The highest BCUT2D eigenvalue weighted by molar-refractivity contribution is 4.89. The molecule has 0 nitrogen and oxygen atoms in total. The van der Waals surface area contributed by atoms with E-state index in [0.717, 1.165) is 31.6 Å². The number of hydrogen-bond donors (Lipinski definition) is 0. The molecule has 1 aliphatic carbocycles. The monoisotopic (exact) mass is 318 g/mol. The van der Waals surface area contributed by atoms with Crippen molar-refractivity contribution in [1.82, 2.24) is 0 Å². The number of alkyl halides is 6. The SMILES string of the molecule is CC(CCCCCCCC1CCC1)(C(F)(F)F)C(F)(F)F. The molecular formula is C15H24F6. The van der Waals surface area contributed by atoms with Crippen molar-refractivity contribution >= 4 is 0 Å². The predicted molar refractivity (Wildman–Crippen MR) is 69.9 cm³/mol. The van der Waals surface area contributed by atoms with Gasteiger partial charge in [0.05, 0.1) is 0 Å². The third-order valence-electron chi connectivity index (χ3n) is 4.77. The second-order valence-corrected chi connectivity index (χ2v) is 6.43. The zero-order chi connectivity index (χ0) is 16.1. The molecule has 1 saturated carbocycles. The van der Waals surface area contributed by atoms with Gasteiger partial charge >= 0.3 is 12.4 Å². The van der Waals surface area contributed by atoms with Crippen LogP contribution >= 0.6 is 0 Å². The fraction of sp³-hybridized carbons (Fsp3) is 1.00. The van der Waals surface area contributed by atoms with Gasteiger partial charge in [-0.05, 0) is 19.3 Å². The highest BCUT2D eigenvalue weighted by atomic mass is 19.4. The van der Waals surface area contributed by atoms with Crippen molar-refractivity contribution in [3.63, 3.8) is 0 Å². The van der Waals surface area contributed by atoms with Gasteiger partial charge in [-0.2, -0.15) is 26.3 Å². The lowest BCUT2D eigenvalue weighted by Gasteiger charge is -2.34. The number of halogens is 6. The van der Waals surface area contributed by atoms with Gasteiger partial charge in [-0.1, -0.05) is 57.8 Å². The van der Waals surface area contributed by atoms with E-state index in [4.69, 9.17) is 0 Å². The van der Waals surface area contributed by atoms with E-state index in [2.05, 4.69) is 0 Å². The largest absolute Gasteiger partial charge is 0.402 e. The molecule has 0 aromatic heterocycles. The Morgan fingerprint density at radius 1 is 0.762 bits per heavy atom. The first-order valence-corrected chi connectivity index (χ1v) is 7.71. The van der Waals surface area contributed by atoms with Gasteiger partial charge in [-0.15, -0.1) is 0 Å². The first kappa shape index (κ1) is 18.6. The first-order chi connectivity index (χ1) is 9.58. The number of rotatable bonds is 8. The quantitative estimate of drug-likeness (QED) is 0.347. The van der Waals surface area contributed by atoms with E-state index in [1.165, 1.54) is 19.3 Å². The third kappa shape index (κ3) is 5.06. The first-order valence-electron chi connectivity index (χ1n) is 7.71. The van der Waals surface area contributed by atoms with Crippen LogP contribution in [0.2, 0.25) is 0 Å². The maximum Gasteiger partial charge on any atom is 0.402 e. The molecule has 1 fully saturated rings. The minimum absolute atomic E-state index is 0.0288. The lowest BCUT2D eigenvalue weighted by atomic mass is 9.81.